The van der Waals surface area contributed by atoms with Gasteiger partial charge in [-0.3, -0.25) is 4.98 Å². The Labute approximate surface area is 130 Å². The molecule has 1 aromatic heterocycles. The first-order valence-electron chi connectivity index (χ1n) is 3.89. The Kier molecular flexibility index (Phi) is 4.42. The van der Waals surface area contributed by atoms with E-state index >= 15 is 0 Å². The molecule has 0 unspecified atom stereocenters. The molecule has 15 heavy (non-hydrogen) atoms. The van der Waals surface area contributed by atoms with Crippen LogP contribution in [0.1, 0.15) is 0 Å². The van der Waals surface area contributed by atoms with Crippen LogP contribution in [0.4, 0.5) is 0 Å². The standard InChI is InChI=1S/C9H7NO3S.K/c11-14(12,13)8-5-1-3-7-4-2-6-10-9(7)8;/h1-6H,(H,11,12,13);/q;+1/p-1. The molecule has 0 saturated heterocycles. The number of hydrogen-bond acceptors (Lipinski definition) is 4. The van der Waals surface area contributed by atoms with Gasteiger partial charge in [0, 0.05) is 11.6 Å². The summed E-state index contributed by atoms with van der Waals surface area (Å²) in [4.78, 5) is 3.60. The Morgan fingerprint density at radius 1 is 1.13 bits per heavy atom. The molecule has 0 atom stereocenters. The van der Waals surface area contributed by atoms with E-state index in [0.29, 0.717) is 5.39 Å². The Morgan fingerprint density at radius 2 is 1.80 bits per heavy atom. The number of nitrogens with zero attached hydrogens (tertiary/aromatic N) is 1. The predicted molar refractivity (Wildman–Crippen MR) is 49.7 cm³/mol. The number of benzene rings is 1. The van der Waals surface area contributed by atoms with Gasteiger partial charge in [0.25, 0.3) is 0 Å². The number of hydrogen-bond donors (Lipinski definition) is 0. The smallest absolute Gasteiger partial charge is 0.744 e. The van der Waals surface area contributed by atoms with E-state index in [1.807, 2.05) is 0 Å². The van der Waals surface area contributed by atoms with Gasteiger partial charge < -0.3 is 4.55 Å². The van der Waals surface area contributed by atoms with Crippen LogP contribution in [0.25, 0.3) is 10.9 Å². The van der Waals surface area contributed by atoms with Gasteiger partial charge >= 0.3 is 51.4 Å². The summed E-state index contributed by atoms with van der Waals surface area (Å²) in [5.41, 5.74) is 0.227. The van der Waals surface area contributed by atoms with Crippen molar-refractivity contribution in [2.75, 3.05) is 0 Å². The number of pyridine rings is 1. The monoisotopic (exact) mass is 247 g/mol. The van der Waals surface area contributed by atoms with Crippen LogP contribution >= 0.6 is 0 Å². The van der Waals surface area contributed by atoms with Crippen LogP contribution in [0.3, 0.4) is 0 Å². The van der Waals surface area contributed by atoms with Gasteiger partial charge in [-0.15, -0.1) is 0 Å². The van der Waals surface area contributed by atoms with E-state index in [0.717, 1.165) is 0 Å². The summed E-state index contributed by atoms with van der Waals surface area (Å²) >= 11 is 0. The average Bonchev–Trinajstić information content (AvgIpc) is 2.15. The average molecular weight is 247 g/mol. The van der Waals surface area contributed by atoms with E-state index < -0.39 is 10.1 Å². The van der Waals surface area contributed by atoms with Gasteiger partial charge in [0.05, 0.1) is 10.4 Å². The van der Waals surface area contributed by atoms with E-state index in [1.165, 1.54) is 18.3 Å². The van der Waals surface area contributed by atoms with Crippen LogP contribution in [0.5, 0.6) is 0 Å². The van der Waals surface area contributed by atoms with Crippen molar-refractivity contribution in [2.45, 2.75) is 4.90 Å². The fourth-order valence-corrected chi connectivity index (χ4v) is 1.93. The molecule has 0 spiro atoms. The predicted octanol–water partition coefficient (Wildman–Crippen LogP) is -1.86. The first-order valence-corrected chi connectivity index (χ1v) is 5.29. The normalized spacial score (nSPS) is 11.0. The minimum absolute atomic E-state index is 0. The third kappa shape index (κ3) is 2.85. The SMILES string of the molecule is O=S(=O)([O-])c1cccc2cccnc12.[K+]. The van der Waals surface area contributed by atoms with E-state index in [-0.39, 0.29) is 61.8 Å². The van der Waals surface area contributed by atoms with Gasteiger partial charge in [0.2, 0.25) is 0 Å². The summed E-state index contributed by atoms with van der Waals surface area (Å²) in [6.45, 7) is 0. The van der Waals surface area contributed by atoms with Crippen LogP contribution in [0, 0.1) is 0 Å². The van der Waals surface area contributed by atoms with Crippen molar-refractivity contribution in [2.24, 2.45) is 0 Å². The second kappa shape index (κ2) is 5.00. The molecule has 0 radical (unpaired) electrons. The number of aromatic nitrogens is 1. The van der Waals surface area contributed by atoms with Crippen molar-refractivity contribution in [3.63, 3.8) is 0 Å². The van der Waals surface area contributed by atoms with E-state index in [2.05, 4.69) is 4.98 Å². The van der Waals surface area contributed by atoms with Crippen LogP contribution in [-0.2, 0) is 10.1 Å². The first kappa shape index (κ1) is 13.2. The molecule has 6 heteroatoms. The van der Waals surface area contributed by atoms with Crippen molar-refractivity contribution in [3.8, 4) is 0 Å². The summed E-state index contributed by atoms with van der Waals surface area (Å²) in [7, 11) is -4.44. The Bertz CT molecular complexity index is 577. The third-order valence-electron chi connectivity index (χ3n) is 1.87. The Balaban J connectivity index is 0.00000112. The van der Waals surface area contributed by atoms with Gasteiger partial charge in [0.1, 0.15) is 10.1 Å². The van der Waals surface area contributed by atoms with Crippen molar-refractivity contribution < 1.29 is 64.4 Å². The fraction of sp³-hybridized carbons (Fsp3) is 0. The maximum Gasteiger partial charge on any atom is 1.00 e. The van der Waals surface area contributed by atoms with Crippen LogP contribution in [-0.4, -0.2) is 18.0 Å². The van der Waals surface area contributed by atoms with Gasteiger partial charge in [-0.25, -0.2) is 8.42 Å². The molecular weight excluding hydrogens is 241 g/mol. The minimum atomic E-state index is -4.44. The third-order valence-corrected chi connectivity index (χ3v) is 2.73. The molecule has 0 aliphatic rings. The van der Waals surface area contributed by atoms with Crippen LogP contribution in [0.15, 0.2) is 41.4 Å². The quantitative estimate of drug-likeness (QED) is 0.438. The molecule has 0 amide bonds. The zero-order valence-corrected chi connectivity index (χ0v) is 12.0. The largest absolute Gasteiger partial charge is 1.00 e. The number of rotatable bonds is 1. The second-order valence-electron chi connectivity index (χ2n) is 2.79. The number of fused-ring (bicyclic) bond motifs is 1. The molecule has 0 N–H and O–H groups in total. The summed E-state index contributed by atoms with van der Waals surface area (Å²) in [5.74, 6) is 0. The summed E-state index contributed by atoms with van der Waals surface area (Å²) in [6, 6.07) is 7.88. The van der Waals surface area contributed by atoms with E-state index in [9.17, 15) is 13.0 Å². The molecule has 4 nitrogen and oxygen atoms in total. The van der Waals surface area contributed by atoms with Crippen molar-refractivity contribution in [1.29, 1.82) is 0 Å². The molecule has 0 aliphatic heterocycles. The fourth-order valence-electron chi connectivity index (χ4n) is 1.28. The second-order valence-corrected chi connectivity index (χ2v) is 4.13. The van der Waals surface area contributed by atoms with Crippen molar-refractivity contribution in [1.82, 2.24) is 4.98 Å². The summed E-state index contributed by atoms with van der Waals surface area (Å²) in [5, 5.41) is 0.643. The minimum Gasteiger partial charge on any atom is -0.744 e. The number of para-hydroxylation sites is 1. The van der Waals surface area contributed by atoms with Gasteiger partial charge in [-0.1, -0.05) is 18.2 Å². The molecule has 2 rings (SSSR count). The molecule has 0 saturated carbocycles. The van der Waals surface area contributed by atoms with Crippen LogP contribution < -0.4 is 51.4 Å². The molecule has 72 valence electrons. The maximum atomic E-state index is 10.9. The molecule has 1 heterocycles. The van der Waals surface area contributed by atoms with Crippen LogP contribution in [0.2, 0.25) is 0 Å². The zero-order valence-electron chi connectivity index (χ0n) is 8.04. The summed E-state index contributed by atoms with van der Waals surface area (Å²) < 4.78 is 32.6. The molecule has 2 aromatic rings. The van der Waals surface area contributed by atoms with Crippen molar-refractivity contribution >= 4 is 21.0 Å². The maximum absolute atomic E-state index is 10.9. The molecule has 1 aromatic carbocycles. The van der Waals surface area contributed by atoms with Gasteiger partial charge in [-0.2, -0.15) is 0 Å². The van der Waals surface area contributed by atoms with Crippen molar-refractivity contribution in [3.05, 3.63) is 36.5 Å². The Morgan fingerprint density at radius 3 is 2.47 bits per heavy atom. The van der Waals surface area contributed by atoms with E-state index in [1.54, 1.807) is 18.2 Å². The molecule has 0 fully saturated rings. The molecule has 0 bridgehead atoms. The van der Waals surface area contributed by atoms with E-state index in [4.69, 9.17) is 0 Å². The Hall–Kier alpha value is 0.176. The van der Waals surface area contributed by atoms with Gasteiger partial charge in [-0.05, 0) is 12.1 Å². The topological polar surface area (TPSA) is 70.1 Å². The molecular formula is C9H6KNO3S. The zero-order chi connectivity index (χ0) is 10.2. The first-order chi connectivity index (χ1) is 6.59. The van der Waals surface area contributed by atoms with Gasteiger partial charge in [0.15, 0.2) is 0 Å². The summed E-state index contributed by atoms with van der Waals surface area (Å²) in [6.07, 6.45) is 1.46. The molecule has 0 aliphatic carbocycles.